The third-order valence-electron chi connectivity index (χ3n) is 3.95. The van der Waals surface area contributed by atoms with Gasteiger partial charge in [0.1, 0.15) is 0 Å². The molecule has 0 aliphatic heterocycles. The fourth-order valence-corrected chi connectivity index (χ4v) is 2.73. The van der Waals surface area contributed by atoms with E-state index in [1.54, 1.807) is 12.1 Å². The van der Waals surface area contributed by atoms with E-state index in [1.807, 2.05) is 19.9 Å². The van der Waals surface area contributed by atoms with Gasteiger partial charge in [-0.05, 0) is 44.9 Å². The van der Waals surface area contributed by atoms with E-state index < -0.39 is 5.97 Å². The zero-order valence-corrected chi connectivity index (χ0v) is 12.7. The number of carbonyl (C=O) groups excluding carboxylic acids is 2. The highest BCUT2D eigenvalue weighted by Crippen LogP contribution is 2.38. The monoisotopic (exact) mass is 298 g/mol. The molecule has 0 amide bonds. The Morgan fingerprint density at radius 1 is 1.27 bits per heavy atom. The fraction of sp³-hybridized carbons (Fsp3) is 0.353. The van der Waals surface area contributed by atoms with Crippen molar-refractivity contribution in [1.29, 1.82) is 0 Å². The predicted octanol–water partition coefficient (Wildman–Crippen LogP) is 2.87. The Kier molecular flexibility index (Phi) is 3.79. The maximum absolute atomic E-state index is 12.3. The largest absolute Gasteiger partial charge is 0.454 e. The van der Waals surface area contributed by atoms with Crippen LogP contribution in [0.15, 0.2) is 30.6 Å². The Bertz CT molecular complexity index is 715. The number of rotatable bonds is 5. The van der Waals surface area contributed by atoms with Crippen molar-refractivity contribution in [3.05, 3.63) is 53.1 Å². The maximum atomic E-state index is 12.3. The molecular formula is C17H18N2O3. The molecule has 5 nitrogen and oxygen atoms in total. The molecule has 0 spiro atoms. The Morgan fingerprint density at radius 2 is 1.95 bits per heavy atom. The molecule has 1 saturated carbocycles. The van der Waals surface area contributed by atoms with Crippen LogP contribution in [0, 0.1) is 13.8 Å². The van der Waals surface area contributed by atoms with Gasteiger partial charge >= 0.3 is 5.97 Å². The Balaban J connectivity index is 1.68. The van der Waals surface area contributed by atoms with E-state index in [0.29, 0.717) is 17.2 Å². The number of esters is 1. The molecule has 0 N–H and O–H groups in total. The minimum Gasteiger partial charge on any atom is -0.454 e. The third kappa shape index (κ3) is 2.79. The minimum absolute atomic E-state index is 0.164. The predicted molar refractivity (Wildman–Crippen MR) is 81.0 cm³/mol. The molecule has 2 aromatic heterocycles. The summed E-state index contributed by atoms with van der Waals surface area (Å²) in [4.78, 5) is 28.0. The van der Waals surface area contributed by atoms with Crippen molar-refractivity contribution in [2.75, 3.05) is 6.61 Å². The van der Waals surface area contributed by atoms with Crippen molar-refractivity contribution in [3.63, 3.8) is 0 Å². The first-order valence-electron chi connectivity index (χ1n) is 7.36. The molecule has 0 atom stereocenters. The first-order chi connectivity index (χ1) is 10.6. The zero-order valence-electron chi connectivity index (χ0n) is 12.7. The lowest BCUT2D eigenvalue weighted by atomic mass is 10.1. The number of hydrogen-bond donors (Lipinski definition) is 0. The second kappa shape index (κ2) is 5.75. The number of Topliss-reactive ketones (excluding diaryl/α,β-unsaturated/α-hetero) is 1. The number of aromatic nitrogens is 2. The number of nitrogens with zero attached hydrogens (tertiary/aromatic N) is 2. The van der Waals surface area contributed by atoms with Crippen molar-refractivity contribution in [3.8, 4) is 0 Å². The average molecular weight is 298 g/mol. The van der Waals surface area contributed by atoms with Crippen molar-refractivity contribution < 1.29 is 14.3 Å². The number of aryl methyl sites for hydroxylation is 1. The molecule has 2 aromatic rings. The SMILES string of the molecule is Cc1cc(C(=O)COC(=O)c2ccncc2)c(C)n1C1CC1. The lowest BCUT2D eigenvalue weighted by Crippen LogP contribution is -2.15. The molecule has 22 heavy (non-hydrogen) atoms. The Morgan fingerprint density at radius 3 is 2.59 bits per heavy atom. The molecule has 0 bridgehead atoms. The number of hydrogen-bond acceptors (Lipinski definition) is 4. The molecule has 1 fully saturated rings. The van der Waals surface area contributed by atoms with Crippen molar-refractivity contribution in [2.24, 2.45) is 0 Å². The first kappa shape index (κ1) is 14.5. The van der Waals surface area contributed by atoms with Gasteiger partial charge in [0.05, 0.1) is 5.56 Å². The van der Waals surface area contributed by atoms with E-state index in [9.17, 15) is 9.59 Å². The summed E-state index contributed by atoms with van der Waals surface area (Å²) < 4.78 is 7.31. The fourth-order valence-electron chi connectivity index (χ4n) is 2.73. The summed E-state index contributed by atoms with van der Waals surface area (Å²) in [7, 11) is 0. The van der Waals surface area contributed by atoms with E-state index in [4.69, 9.17) is 4.74 Å². The molecular weight excluding hydrogens is 280 g/mol. The van der Waals surface area contributed by atoms with Crippen LogP contribution in [0.4, 0.5) is 0 Å². The van der Waals surface area contributed by atoms with Crippen LogP contribution in [0.3, 0.4) is 0 Å². The molecule has 1 aliphatic carbocycles. The van der Waals surface area contributed by atoms with E-state index in [-0.39, 0.29) is 12.4 Å². The summed E-state index contributed by atoms with van der Waals surface area (Å²) in [5, 5.41) is 0. The second-order valence-corrected chi connectivity index (χ2v) is 5.62. The number of pyridine rings is 1. The molecule has 3 rings (SSSR count). The van der Waals surface area contributed by atoms with Crippen molar-refractivity contribution in [1.82, 2.24) is 9.55 Å². The summed E-state index contributed by atoms with van der Waals surface area (Å²) >= 11 is 0. The van der Waals surface area contributed by atoms with Crippen LogP contribution in [-0.2, 0) is 4.74 Å². The van der Waals surface area contributed by atoms with E-state index >= 15 is 0 Å². The van der Waals surface area contributed by atoms with Crippen LogP contribution in [0.5, 0.6) is 0 Å². The van der Waals surface area contributed by atoms with Crippen LogP contribution in [-0.4, -0.2) is 27.9 Å². The van der Waals surface area contributed by atoms with Gasteiger partial charge in [-0.15, -0.1) is 0 Å². The van der Waals surface area contributed by atoms with Gasteiger partial charge < -0.3 is 9.30 Å². The van der Waals surface area contributed by atoms with Gasteiger partial charge in [-0.2, -0.15) is 0 Å². The molecule has 0 aromatic carbocycles. The summed E-state index contributed by atoms with van der Waals surface area (Å²) in [6.45, 7) is 3.71. The molecule has 0 radical (unpaired) electrons. The highest BCUT2D eigenvalue weighted by Gasteiger charge is 2.28. The average Bonchev–Trinajstić information content (AvgIpc) is 3.31. The first-order valence-corrected chi connectivity index (χ1v) is 7.36. The van der Waals surface area contributed by atoms with E-state index in [1.165, 1.54) is 25.2 Å². The van der Waals surface area contributed by atoms with Gasteiger partial charge in [-0.1, -0.05) is 0 Å². The molecule has 0 saturated heterocycles. The lowest BCUT2D eigenvalue weighted by molar-refractivity contribution is 0.0474. The van der Waals surface area contributed by atoms with E-state index in [2.05, 4.69) is 9.55 Å². The normalized spacial score (nSPS) is 13.9. The van der Waals surface area contributed by atoms with Crippen LogP contribution in [0.2, 0.25) is 0 Å². The standard InChI is InChI=1S/C17H18N2O3/c1-11-9-15(12(2)19(11)14-3-4-14)16(20)10-22-17(21)13-5-7-18-8-6-13/h5-9,14H,3-4,10H2,1-2H3. The van der Waals surface area contributed by atoms with Crippen LogP contribution >= 0.6 is 0 Å². The summed E-state index contributed by atoms with van der Waals surface area (Å²) in [6, 6.07) is 5.54. The topological polar surface area (TPSA) is 61.2 Å². The quantitative estimate of drug-likeness (QED) is 0.629. The van der Waals surface area contributed by atoms with Crippen LogP contribution in [0.25, 0.3) is 0 Å². The van der Waals surface area contributed by atoms with Gasteiger partial charge in [0.15, 0.2) is 6.61 Å². The maximum Gasteiger partial charge on any atom is 0.338 e. The highest BCUT2D eigenvalue weighted by atomic mass is 16.5. The van der Waals surface area contributed by atoms with Crippen LogP contribution in [0.1, 0.15) is 51.0 Å². The van der Waals surface area contributed by atoms with Gasteiger partial charge in [0.25, 0.3) is 0 Å². The summed E-state index contributed by atoms with van der Waals surface area (Å²) in [5.41, 5.74) is 3.09. The molecule has 0 unspecified atom stereocenters. The summed E-state index contributed by atoms with van der Waals surface area (Å²) in [6.07, 6.45) is 5.37. The molecule has 5 heteroatoms. The van der Waals surface area contributed by atoms with Crippen molar-refractivity contribution >= 4 is 11.8 Å². The van der Waals surface area contributed by atoms with Gasteiger partial charge in [-0.25, -0.2) is 4.79 Å². The molecule has 2 heterocycles. The molecule has 114 valence electrons. The van der Waals surface area contributed by atoms with Gasteiger partial charge in [0, 0.05) is 35.4 Å². The van der Waals surface area contributed by atoms with Crippen molar-refractivity contribution in [2.45, 2.75) is 32.7 Å². The van der Waals surface area contributed by atoms with Crippen LogP contribution < -0.4 is 0 Å². The number of ether oxygens (including phenoxy) is 1. The number of carbonyl (C=O) groups is 2. The smallest absolute Gasteiger partial charge is 0.338 e. The Labute approximate surface area is 128 Å². The van der Waals surface area contributed by atoms with Gasteiger partial charge in [0.2, 0.25) is 5.78 Å². The van der Waals surface area contributed by atoms with E-state index in [0.717, 1.165) is 11.4 Å². The second-order valence-electron chi connectivity index (χ2n) is 5.62. The third-order valence-corrected chi connectivity index (χ3v) is 3.95. The molecule has 1 aliphatic rings. The van der Waals surface area contributed by atoms with Gasteiger partial charge in [-0.3, -0.25) is 9.78 Å². The number of ketones is 1. The summed E-state index contributed by atoms with van der Waals surface area (Å²) in [5.74, 6) is -0.672. The lowest BCUT2D eigenvalue weighted by Gasteiger charge is -2.08. The minimum atomic E-state index is -0.508. The Hall–Kier alpha value is -2.43. The highest BCUT2D eigenvalue weighted by molar-refractivity contribution is 6.00. The zero-order chi connectivity index (χ0) is 15.7.